The number of rotatable bonds is 4. The summed E-state index contributed by atoms with van der Waals surface area (Å²) in [4.78, 5) is 11.0. The zero-order chi connectivity index (χ0) is 9.56. The van der Waals surface area contributed by atoms with Crippen LogP contribution in [-0.4, -0.2) is 31.2 Å². The molecule has 0 radical (unpaired) electrons. The molecule has 0 bridgehead atoms. The molecule has 0 aliphatic rings. The molecule has 0 spiro atoms. The molecule has 0 aliphatic heterocycles. The average molecular weight is 174 g/mol. The van der Waals surface area contributed by atoms with Crippen LogP contribution in [0.25, 0.3) is 0 Å². The van der Waals surface area contributed by atoms with Gasteiger partial charge in [0.15, 0.2) is 0 Å². The SMILES string of the molecule is CCOC(O)=C(CN)C(=O)NC. The van der Waals surface area contributed by atoms with Crippen molar-refractivity contribution in [1.82, 2.24) is 5.32 Å². The van der Waals surface area contributed by atoms with E-state index >= 15 is 0 Å². The first-order chi connectivity index (χ1) is 5.67. The van der Waals surface area contributed by atoms with Crippen LogP contribution in [0.4, 0.5) is 0 Å². The van der Waals surface area contributed by atoms with E-state index in [0.717, 1.165) is 0 Å². The Kier molecular flexibility index (Phi) is 4.87. The molecule has 5 heteroatoms. The summed E-state index contributed by atoms with van der Waals surface area (Å²) in [6, 6.07) is 0. The molecule has 0 aromatic rings. The Balaban J connectivity index is 4.48. The second-order valence-electron chi connectivity index (χ2n) is 2.00. The lowest BCUT2D eigenvalue weighted by Gasteiger charge is -2.06. The first-order valence-electron chi connectivity index (χ1n) is 3.64. The van der Waals surface area contributed by atoms with Crippen LogP contribution < -0.4 is 11.1 Å². The van der Waals surface area contributed by atoms with Gasteiger partial charge in [-0.15, -0.1) is 0 Å². The van der Waals surface area contributed by atoms with Crippen molar-refractivity contribution in [1.29, 1.82) is 0 Å². The van der Waals surface area contributed by atoms with Gasteiger partial charge in [0.25, 0.3) is 11.9 Å². The fourth-order valence-electron chi connectivity index (χ4n) is 0.652. The van der Waals surface area contributed by atoms with Crippen LogP contribution >= 0.6 is 0 Å². The summed E-state index contributed by atoms with van der Waals surface area (Å²) in [5.74, 6) is -0.831. The van der Waals surface area contributed by atoms with Crippen molar-refractivity contribution in [2.24, 2.45) is 5.73 Å². The minimum atomic E-state index is -0.427. The maximum Gasteiger partial charge on any atom is 0.286 e. The normalized spacial score (nSPS) is 11.9. The van der Waals surface area contributed by atoms with Crippen LogP contribution in [-0.2, 0) is 9.53 Å². The topological polar surface area (TPSA) is 84.6 Å². The molecule has 70 valence electrons. The molecule has 0 aromatic carbocycles. The third kappa shape index (κ3) is 2.79. The van der Waals surface area contributed by atoms with Crippen molar-refractivity contribution < 1.29 is 14.6 Å². The number of aliphatic hydroxyl groups excluding tert-OH is 1. The number of aliphatic hydroxyl groups is 1. The maximum absolute atomic E-state index is 11.0. The minimum absolute atomic E-state index is 0.0501. The lowest BCUT2D eigenvalue weighted by Crippen LogP contribution is -2.26. The summed E-state index contributed by atoms with van der Waals surface area (Å²) < 4.78 is 4.71. The zero-order valence-corrected chi connectivity index (χ0v) is 7.26. The number of amides is 1. The van der Waals surface area contributed by atoms with Gasteiger partial charge in [-0.3, -0.25) is 4.79 Å². The molecule has 1 amide bonds. The highest BCUT2D eigenvalue weighted by Gasteiger charge is 2.12. The van der Waals surface area contributed by atoms with Gasteiger partial charge in [-0.1, -0.05) is 0 Å². The highest BCUT2D eigenvalue weighted by atomic mass is 16.6. The molecule has 0 aromatic heterocycles. The quantitative estimate of drug-likeness (QED) is 0.396. The predicted octanol–water partition coefficient (Wildman–Crippen LogP) is -0.503. The second kappa shape index (κ2) is 5.42. The number of nitrogens with two attached hydrogens (primary N) is 1. The van der Waals surface area contributed by atoms with E-state index in [1.54, 1.807) is 6.92 Å². The Morgan fingerprint density at radius 3 is 2.58 bits per heavy atom. The summed E-state index contributed by atoms with van der Waals surface area (Å²) >= 11 is 0. The Hall–Kier alpha value is -1.23. The van der Waals surface area contributed by atoms with Crippen molar-refractivity contribution in [2.45, 2.75) is 6.92 Å². The number of hydrogen-bond donors (Lipinski definition) is 3. The van der Waals surface area contributed by atoms with E-state index in [4.69, 9.17) is 15.6 Å². The molecule has 4 N–H and O–H groups in total. The van der Waals surface area contributed by atoms with E-state index < -0.39 is 11.9 Å². The van der Waals surface area contributed by atoms with Crippen LogP contribution in [0.15, 0.2) is 11.5 Å². The largest absolute Gasteiger partial charge is 0.481 e. The van der Waals surface area contributed by atoms with E-state index in [0.29, 0.717) is 6.61 Å². The van der Waals surface area contributed by atoms with Gasteiger partial charge in [0.1, 0.15) is 5.57 Å². The summed E-state index contributed by atoms with van der Waals surface area (Å²) in [6.07, 6.45) is 0. The van der Waals surface area contributed by atoms with E-state index in [1.807, 2.05) is 0 Å². The second-order valence-corrected chi connectivity index (χ2v) is 2.00. The predicted molar refractivity (Wildman–Crippen MR) is 44.4 cm³/mol. The molecule has 0 aliphatic carbocycles. The number of hydrogen-bond acceptors (Lipinski definition) is 4. The van der Waals surface area contributed by atoms with E-state index in [2.05, 4.69) is 5.32 Å². The zero-order valence-electron chi connectivity index (χ0n) is 7.26. The van der Waals surface area contributed by atoms with Crippen molar-refractivity contribution in [3.63, 3.8) is 0 Å². The maximum atomic E-state index is 11.0. The first-order valence-corrected chi connectivity index (χ1v) is 3.64. The molecule has 0 unspecified atom stereocenters. The average Bonchev–Trinajstić information content (AvgIpc) is 2.06. The summed E-state index contributed by atoms with van der Waals surface area (Å²) in [5.41, 5.74) is 5.28. The molecule has 0 saturated carbocycles. The fraction of sp³-hybridized carbons (Fsp3) is 0.571. The van der Waals surface area contributed by atoms with Gasteiger partial charge in [0, 0.05) is 13.6 Å². The van der Waals surface area contributed by atoms with Gasteiger partial charge in [-0.25, -0.2) is 0 Å². The Morgan fingerprint density at radius 2 is 2.25 bits per heavy atom. The van der Waals surface area contributed by atoms with Crippen LogP contribution in [0.1, 0.15) is 6.92 Å². The fourth-order valence-corrected chi connectivity index (χ4v) is 0.652. The van der Waals surface area contributed by atoms with Crippen molar-refractivity contribution in [3.8, 4) is 0 Å². The highest BCUT2D eigenvalue weighted by molar-refractivity contribution is 5.93. The lowest BCUT2D eigenvalue weighted by molar-refractivity contribution is -0.117. The Bertz CT molecular complexity index is 189. The lowest BCUT2D eigenvalue weighted by atomic mass is 10.2. The Labute approximate surface area is 71.2 Å². The molecule has 0 saturated heterocycles. The van der Waals surface area contributed by atoms with Gasteiger partial charge >= 0.3 is 0 Å². The third-order valence-electron chi connectivity index (χ3n) is 1.24. The molecule has 5 nitrogen and oxygen atoms in total. The van der Waals surface area contributed by atoms with Crippen LogP contribution in [0.3, 0.4) is 0 Å². The smallest absolute Gasteiger partial charge is 0.286 e. The summed E-state index contributed by atoms with van der Waals surface area (Å²) in [5, 5.41) is 11.5. The summed E-state index contributed by atoms with van der Waals surface area (Å²) in [7, 11) is 1.46. The highest BCUT2D eigenvalue weighted by Crippen LogP contribution is 2.01. The molecule has 0 atom stereocenters. The number of nitrogens with one attached hydrogen (secondary N) is 1. The molecule has 0 heterocycles. The molecular weight excluding hydrogens is 160 g/mol. The van der Waals surface area contributed by atoms with E-state index in [-0.39, 0.29) is 12.1 Å². The number of carbonyl (C=O) groups excluding carboxylic acids is 1. The summed E-state index contributed by atoms with van der Waals surface area (Å²) in [6.45, 7) is 1.95. The third-order valence-corrected chi connectivity index (χ3v) is 1.24. The van der Waals surface area contributed by atoms with Crippen LogP contribution in [0.5, 0.6) is 0 Å². The molecule has 0 rings (SSSR count). The van der Waals surface area contributed by atoms with Crippen LogP contribution in [0, 0.1) is 0 Å². The van der Waals surface area contributed by atoms with Crippen LogP contribution in [0.2, 0.25) is 0 Å². The first kappa shape index (κ1) is 10.8. The standard InChI is InChI=1S/C7H14N2O3/c1-3-12-7(11)5(4-8)6(10)9-2/h11H,3-4,8H2,1-2H3,(H,9,10). The number of ether oxygens (including phenoxy) is 1. The molecular formula is C7H14N2O3. The molecule has 12 heavy (non-hydrogen) atoms. The number of likely N-dealkylation sites (N-methyl/N-ethyl adjacent to an activating group) is 1. The van der Waals surface area contributed by atoms with Gasteiger partial charge in [0.2, 0.25) is 0 Å². The van der Waals surface area contributed by atoms with Crippen molar-refractivity contribution in [2.75, 3.05) is 20.2 Å². The van der Waals surface area contributed by atoms with E-state index in [1.165, 1.54) is 7.05 Å². The Morgan fingerprint density at radius 1 is 1.67 bits per heavy atom. The van der Waals surface area contributed by atoms with Crippen molar-refractivity contribution >= 4 is 5.91 Å². The molecule has 0 fully saturated rings. The van der Waals surface area contributed by atoms with Crippen molar-refractivity contribution in [3.05, 3.63) is 11.5 Å². The van der Waals surface area contributed by atoms with E-state index in [9.17, 15) is 4.79 Å². The van der Waals surface area contributed by atoms with Gasteiger partial charge < -0.3 is 20.9 Å². The van der Waals surface area contributed by atoms with Gasteiger partial charge in [-0.05, 0) is 6.92 Å². The number of carbonyl (C=O) groups is 1. The van der Waals surface area contributed by atoms with Gasteiger partial charge in [-0.2, -0.15) is 0 Å². The minimum Gasteiger partial charge on any atom is -0.481 e. The monoisotopic (exact) mass is 174 g/mol. The van der Waals surface area contributed by atoms with Gasteiger partial charge in [0.05, 0.1) is 6.61 Å².